The third-order valence-electron chi connectivity index (χ3n) is 4.54. The van der Waals surface area contributed by atoms with E-state index in [1.54, 1.807) is 13.8 Å². The fourth-order valence-electron chi connectivity index (χ4n) is 2.96. The van der Waals surface area contributed by atoms with Crippen LogP contribution in [0.25, 0.3) is 0 Å². The highest BCUT2D eigenvalue weighted by Gasteiger charge is 2.28. The molecule has 0 aromatic heterocycles. The van der Waals surface area contributed by atoms with E-state index in [0.29, 0.717) is 6.42 Å². The lowest BCUT2D eigenvalue weighted by Crippen LogP contribution is -2.28. The lowest BCUT2D eigenvalue weighted by molar-refractivity contribution is -0.161. The normalized spacial score (nSPS) is 11.9. The van der Waals surface area contributed by atoms with Crippen molar-refractivity contribution >= 4 is 11.9 Å². The molecule has 0 saturated carbocycles. The number of esters is 2. The highest BCUT2D eigenvalue weighted by atomic mass is 16.6. The second-order valence-corrected chi connectivity index (χ2v) is 7.05. The molecular formula is C25H42O4. The van der Waals surface area contributed by atoms with Crippen molar-refractivity contribution in [3.8, 4) is 0 Å². The van der Waals surface area contributed by atoms with Crippen LogP contribution in [0.2, 0.25) is 0 Å². The van der Waals surface area contributed by atoms with E-state index in [4.69, 9.17) is 9.47 Å². The van der Waals surface area contributed by atoms with Gasteiger partial charge in [-0.05, 0) is 52.4 Å². The standard InChI is InChI=1S/C25H42O4/c1-4-7-8-9-10-11-12-13-14-15-16-17-18-19-20-21-22-23(24(26)28-5-2)25(27)29-6-3/h7-8,10-11,13-14,23H,4-6,9,12,15-22H2,1-3H3. The average Bonchev–Trinajstić information content (AvgIpc) is 2.70. The van der Waals surface area contributed by atoms with Gasteiger partial charge >= 0.3 is 11.9 Å². The largest absolute Gasteiger partial charge is 0.465 e. The van der Waals surface area contributed by atoms with Crippen LogP contribution in [0.5, 0.6) is 0 Å². The Morgan fingerprint density at radius 1 is 0.655 bits per heavy atom. The number of carbonyl (C=O) groups is 2. The second kappa shape index (κ2) is 20.9. The first-order chi connectivity index (χ1) is 14.2. The summed E-state index contributed by atoms with van der Waals surface area (Å²) >= 11 is 0. The summed E-state index contributed by atoms with van der Waals surface area (Å²) in [6.45, 7) is 6.22. The quantitative estimate of drug-likeness (QED) is 0.110. The molecule has 0 amide bonds. The van der Waals surface area contributed by atoms with Crippen LogP contribution in [0, 0.1) is 5.92 Å². The van der Waals surface area contributed by atoms with Gasteiger partial charge in [-0.1, -0.05) is 75.5 Å². The summed E-state index contributed by atoms with van der Waals surface area (Å²) < 4.78 is 10.00. The third-order valence-corrected chi connectivity index (χ3v) is 4.54. The van der Waals surface area contributed by atoms with Gasteiger partial charge in [-0.25, -0.2) is 0 Å². The van der Waals surface area contributed by atoms with Crippen molar-refractivity contribution in [2.45, 2.75) is 91.4 Å². The van der Waals surface area contributed by atoms with Crippen LogP contribution in [-0.2, 0) is 19.1 Å². The minimum Gasteiger partial charge on any atom is -0.465 e. The Balaban J connectivity index is 3.72. The van der Waals surface area contributed by atoms with E-state index in [1.807, 2.05) is 0 Å². The summed E-state index contributed by atoms with van der Waals surface area (Å²) in [4.78, 5) is 23.8. The third kappa shape index (κ3) is 16.8. The van der Waals surface area contributed by atoms with Crippen molar-refractivity contribution in [3.05, 3.63) is 36.5 Å². The molecule has 0 aromatic rings. The maximum absolute atomic E-state index is 11.9. The zero-order valence-corrected chi connectivity index (χ0v) is 18.9. The Kier molecular flexibility index (Phi) is 19.6. The number of rotatable bonds is 18. The summed E-state index contributed by atoms with van der Waals surface area (Å²) in [6, 6.07) is 0. The van der Waals surface area contributed by atoms with Gasteiger partial charge in [-0.2, -0.15) is 0 Å². The van der Waals surface area contributed by atoms with Crippen LogP contribution in [-0.4, -0.2) is 25.2 Å². The zero-order chi connectivity index (χ0) is 21.6. The molecule has 4 nitrogen and oxygen atoms in total. The van der Waals surface area contributed by atoms with Crippen molar-refractivity contribution < 1.29 is 19.1 Å². The van der Waals surface area contributed by atoms with E-state index in [1.165, 1.54) is 19.3 Å². The molecule has 0 aliphatic carbocycles. The van der Waals surface area contributed by atoms with Crippen molar-refractivity contribution in [1.82, 2.24) is 0 Å². The van der Waals surface area contributed by atoms with E-state index >= 15 is 0 Å². The fourth-order valence-corrected chi connectivity index (χ4v) is 2.96. The van der Waals surface area contributed by atoms with Crippen LogP contribution < -0.4 is 0 Å². The molecule has 0 bridgehead atoms. The molecule has 0 aliphatic heterocycles. The van der Waals surface area contributed by atoms with Crippen LogP contribution >= 0.6 is 0 Å². The van der Waals surface area contributed by atoms with Crippen molar-refractivity contribution in [3.63, 3.8) is 0 Å². The van der Waals surface area contributed by atoms with Crippen molar-refractivity contribution in [2.75, 3.05) is 13.2 Å². The molecule has 29 heavy (non-hydrogen) atoms. The van der Waals surface area contributed by atoms with Crippen LogP contribution in [0.15, 0.2) is 36.5 Å². The molecule has 0 spiro atoms. The molecule has 0 unspecified atom stereocenters. The van der Waals surface area contributed by atoms with Crippen molar-refractivity contribution in [2.24, 2.45) is 5.92 Å². The summed E-state index contributed by atoms with van der Waals surface area (Å²) in [5, 5.41) is 0. The Labute approximate surface area is 178 Å². The minimum absolute atomic E-state index is 0.287. The topological polar surface area (TPSA) is 52.6 Å². The van der Waals surface area contributed by atoms with Gasteiger partial charge < -0.3 is 9.47 Å². The highest BCUT2D eigenvalue weighted by Crippen LogP contribution is 2.16. The first-order valence-corrected chi connectivity index (χ1v) is 11.5. The summed E-state index contributed by atoms with van der Waals surface area (Å²) in [5.74, 6) is -1.67. The first kappa shape index (κ1) is 27.2. The molecule has 0 atom stereocenters. The Morgan fingerprint density at radius 3 is 1.69 bits per heavy atom. The average molecular weight is 407 g/mol. The molecule has 0 fully saturated rings. The van der Waals surface area contributed by atoms with Crippen LogP contribution in [0.4, 0.5) is 0 Å². The molecular weight excluding hydrogens is 364 g/mol. The van der Waals surface area contributed by atoms with E-state index in [-0.39, 0.29) is 13.2 Å². The van der Waals surface area contributed by atoms with Gasteiger partial charge in [0, 0.05) is 0 Å². The van der Waals surface area contributed by atoms with E-state index in [9.17, 15) is 9.59 Å². The van der Waals surface area contributed by atoms with E-state index in [0.717, 1.165) is 44.9 Å². The van der Waals surface area contributed by atoms with E-state index in [2.05, 4.69) is 43.4 Å². The molecule has 0 aliphatic rings. The summed E-state index contributed by atoms with van der Waals surface area (Å²) in [5.41, 5.74) is 0. The number of hydrogen-bond acceptors (Lipinski definition) is 4. The maximum Gasteiger partial charge on any atom is 0.320 e. The number of ether oxygens (including phenoxy) is 2. The van der Waals surface area contributed by atoms with Gasteiger partial charge in [0.05, 0.1) is 13.2 Å². The lowest BCUT2D eigenvalue weighted by Gasteiger charge is -2.14. The molecule has 0 heterocycles. The molecule has 166 valence electrons. The molecule has 0 N–H and O–H groups in total. The Hall–Kier alpha value is -1.84. The monoisotopic (exact) mass is 406 g/mol. The predicted octanol–water partition coefficient (Wildman–Crippen LogP) is 6.71. The molecule has 0 saturated heterocycles. The Bertz CT molecular complexity index is 473. The molecule has 0 radical (unpaired) electrons. The van der Waals surface area contributed by atoms with Gasteiger partial charge in [0.1, 0.15) is 0 Å². The predicted molar refractivity (Wildman–Crippen MR) is 121 cm³/mol. The van der Waals surface area contributed by atoms with Crippen LogP contribution in [0.1, 0.15) is 91.4 Å². The Morgan fingerprint density at radius 2 is 1.14 bits per heavy atom. The number of carbonyl (C=O) groups excluding carboxylic acids is 2. The molecule has 0 aromatic carbocycles. The zero-order valence-electron chi connectivity index (χ0n) is 18.9. The number of hydrogen-bond donors (Lipinski definition) is 0. The molecule has 4 heteroatoms. The van der Waals surface area contributed by atoms with Gasteiger partial charge in [-0.15, -0.1) is 0 Å². The molecule has 0 rings (SSSR count). The number of allylic oxidation sites excluding steroid dienone is 6. The SMILES string of the molecule is CCC=CCC=CCC=CCCCCCCCCC(C(=O)OCC)C(=O)OCC. The lowest BCUT2D eigenvalue weighted by atomic mass is 10.00. The first-order valence-electron chi connectivity index (χ1n) is 11.5. The highest BCUT2D eigenvalue weighted by molar-refractivity contribution is 5.94. The second-order valence-electron chi connectivity index (χ2n) is 7.05. The minimum atomic E-state index is -0.767. The van der Waals surface area contributed by atoms with Gasteiger partial charge in [0.2, 0.25) is 0 Å². The smallest absolute Gasteiger partial charge is 0.320 e. The van der Waals surface area contributed by atoms with Gasteiger partial charge in [-0.3, -0.25) is 9.59 Å². The fraction of sp³-hybridized carbons (Fsp3) is 0.680. The number of unbranched alkanes of at least 4 members (excludes halogenated alkanes) is 6. The maximum atomic E-state index is 11.9. The summed E-state index contributed by atoms with van der Waals surface area (Å²) in [6.07, 6.45) is 24.8. The van der Waals surface area contributed by atoms with Gasteiger partial charge in [0.15, 0.2) is 5.92 Å². The summed E-state index contributed by atoms with van der Waals surface area (Å²) in [7, 11) is 0. The van der Waals surface area contributed by atoms with Gasteiger partial charge in [0.25, 0.3) is 0 Å². The van der Waals surface area contributed by atoms with E-state index < -0.39 is 17.9 Å². The van der Waals surface area contributed by atoms with Crippen LogP contribution in [0.3, 0.4) is 0 Å². The van der Waals surface area contributed by atoms with Crippen molar-refractivity contribution in [1.29, 1.82) is 0 Å².